The highest BCUT2D eigenvalue weighted by molar-refractivity contribution is 5.91. The fourth-order valence-electron chi connectivity index (χ4n) is 1.62. The Morgan fingerprint density at radius 2 is 2.05 bits per heavy atom. The van der Waals surface area contributed by atoms with Crippen molar-refractivity contribution in [3.05, 3.63) is 24.3 Å². The van der Waals surface area contributed by atoms with E-state index in [0.29, 0.717) is 18.0 Å². The molecule has 1 aromatic rings. The van der Waals surface area contributed by atoms with Gasteiger partial charge in [0.25, 0.3) is 0 Å². The highest BCUT2D eigenvalue weighted by Crippen LogP contribution is 2.24. The fraction of sp³-hybridized carbons (Fsp3) is 0.533. The maximum atomic E-state index is 11.7. The van der Waals surface area contributed by atoms with E-state index in [2.05, 4.69) is 10.6 Å². The number of aliphatic hydroxyl groups excluding tert-OH is 1. The van der Waals surface area contributed by atoms with Crippen molar-refractivity contribution in [3.63, 3.8) is 0 Å². The van der Waals surface area contributed by atoms with Crippen molar-refractivity contribution >= 4 is 11.7 Å². The minimum atomic E-state index is -0.259. The molecule has 3 N–H and O–H groups in total. The van der Waals surface area contributed by atoms with Crippen LogP contribution in [0.15, 0.2) is 24.3 Å². The van der Waals surface area contributed by atoms with Gasteiger partial charge in [-0.1, -0.05) is 19.1 Å². The SMILES string of the molecule is CCC(CO)COc1ccccc1NC(=O)NC(C)C. The summed E-state index contributed by atoms with van der Waals surface area (Å²) in [5.41, 5.74) is 0.624. The zero-order valence-corrected chi connectivity index (χ0v) is 12.3. The summed E-state index contributed by atoms with van der Waals surface area (Å²) in [6.45, 7) is 6.33. The van der Waals surface area contributed by atoms with Gasteiger partial charge in [-0.2, -0.15) is 0 Å². The monoisotopic (exact) mass is 280 g/mol. The second kappa shape index (κ2) is 8.43. The molecular formula is C15H24N2O3. The first-order chi connectivity index (χ1) is 9.56. The minimum absolute atomic E-state index is 0.0712. The maximum absolute atomic E-state index is 11.7. The lowest BCUT2D eigenvalue weighted by Crippen LogP contribution is -2.34. The van der Waals surface area contributed by atoms with Gasteiger partial charge < -0.3 is 20.5 Å². The predicted octanol–water partition coefficient (Wildman–Crippen LogP) is 2.61. The van der Waals surface area contributed by atoms with Crippen molar-refractivity contribution in [2.24, 2.45) is 5.92 Å². The van der Waals surface area contributed by atoms with Crippen LogP contribution in [0.2, 0.25) is 0 Å². The van der Waals surface area contributed by atoms with Crippen LogP contribution in [-0.4, -0.2) is 30.4 Å². The van der Waals surface area contributed by atoms with E-state index in [0.717, 1.165) is 6.42 Å². The van der Waals surface area contributed by atoms with Gasteiger partial charge in [0.15, 0.2) is 0 Å². The first kappa shape index (κ1) is 16.3. The Morgan fingerprint density at radius 1 is 1.35 bits per heavy atom. The van der Waals surface area contributed by atoms with Crippen molar-refractivity contribution in [2.75, 3.05) is 18.5 Å². The zero-order valence-electron chi connectivity index (χ0n) is 12.3. The van der Waals surface area contributed by atoms with Crippen molar-refractivity contribution in [1.29, 1.82) is 0 Å². The molecule has 0 radical (unpaired) electrons. The molecule has 0 fully saturated rings. The Labute approximate surface area is 120 Å². The summed E-state index contributed by atoms with van der Waals surface area (Å²) in [6, 6.07) is 7.08. The number of anilines is 1. The first-order valence-electron chi connectivity index (χ1n) is 6.97. The number of hydrogen-bond acceptors (Lipinski definition) is 3. The molecule has 0 saturated carbocycles. The maximum Gasteiger partial charge on any atom is 0.319 e. The van der Waals surface area contributed by atoms with E-state index in [-0.39, 0.29) is 24.6 Å². The second-order valence-electron chi connectivity index (χ2n) is 5.02. The lowest BCUT2D eigenvalue weighted by Gasteiger charge is -2.17. The summed E-state index contributed by atoms with van der Waals surface area (Å²) in [5, 5.41) is 14.7. The number of carbonyl (C=O) groups is 1. The number of aliphatic hydroxyl groups is 1. The smallest absolute Gasteiger partial charge is 0.319 e. The van der Waals surface area contributed by atoms with E-state index in [1.807, 2.05) is 32.9 Å². The number of amides is 2. The third-order valence-corrected chi connectivity index (χ3v) is 2.87. The van der Waals surface area contributed by atoms with Gasteiger partial charge in [0.1, 0.15) is 5.75 Å². The van der Waals surface area contributed by atoms with Crippen LogP contribution in [0, 0.1) is 5.92 Å². The van der Waals surface area contributed by atoms with Gasteiger partial charge in [-0.05, 0) is 32.4 Å². The highest BCUT2D eigenvalue weighted by Gasteiger charge is 2.10. The minimum Gasteiger partial charge on any atom is -0.491 e. The molecule has 2 amide bonds. The van der Waals surface area contributed by atoms with Gasteiger partial charge in [0.05, 0.1) is 12.3 Å². The largest absolute Gasteiger partial charge is 0.491 e. The summed E-state index contributed by atoms with van der Waals surface area (Å²) in [5.74, 6) is 0.714. The molecule has 0 heterocycles. The van der Waals surface area contributed by atoms with Crippen LogP contribution >= 0.6 is 0 Å². The normalized spacial score (nSPS) is 12.1. The summed E-state index contributed by atoms with van der Waals surface area (Å²) in [4.78, 5) is 11.7. The van der Waals surface area contributed by atoms with E-state index in [1.54, 1.807) is 12.1 Å². The van der Waals surface area contributed by atoms with Crippen LogP contribution in [0.3, 0.4) is 0 Å². The lowest BCUT2D eigenvalue weighted by molar-refractivity contribution is 0.160. The van der Waals surface area contributed by atoms with Crippen LogP contribution in [-0.2, 0) is 0 Å². The Balaban J connectivity index is 2.65. The van der Waals surface area contributed by atoms with Crippen molar-refractivity contribution in [1.82, 2.24) is 5.32 Å². The second-order valence-corrected chi connectivity index (χ2v) is 5.02. The van der Waals surface area contributed by atoms with Gasteiger partial charge in [-0.15, -0.1) is 0 Å². The average molecular weight is 280 g/mol. The molecule has 5 heteroatoms. The van der Waals surface area contributed by atoms with E-state index >= 15 is 0 Å². The van der Waals surface area contributed by atoms with E-state index in [1.165, 1.54) is 0 Å². The number of ether oxygens (including phenoxy) is 1. The number of para-hydroxylation sites is 2. The van der Waals surface area contributed by atoms with Crippen LogP contribution in [0.4, 0.5) is 10.5 Å². The zero-order chi connectivity index (χ0) is 15.0. The number of benzene rings is 1. The molecule has 1 rings (SSSR count). The molecule has 0 aliphatic heterocycles. The molecule has 5 nitrogen and oxygen atoms in total. The molecule has 0 aliphatic carbocycles. The molecule has 1 unspecified atom stereocenters. The molecule has 1 atom stereocenters. The van der Waals surface area contributed by atoms with Crippen LogP contribution in [0.1, 0.15) is 27.2 Å². The van der Waals surface area contributed by atoms with Gasteiger partial charge in [0, 0.05) is 18.6 Å². The number of carbonyl (C=O) groups excluding carboxylic acids is 1. The van der Waals surface area contributed by atoms with Crippen molar-refractivity contribution < 1.29 is 14.6 Å². The number of urea groups is 1. The molecule has 0 bridgehead atoms. The van der Waals surface area contributed by atoms with E-state index < -0.39 is 0 Å². The van der Waals surface area contributed by atoms with Crippen LogP contribution in [0.5, 0.6) is 5.75 Å². The Bertz CT molecular complexity index is 417. The van der Waals surface area contributed by atoms with Crippen LogP contribution < -0.4 is 15.4 Å². The average Bonchev–Trinajstić information content (AvgIpc) is 2.40. The Morgan fingerprint density at radius 3 is 2.65 bits per heavy atom. The first-order valence-corrected chi connectivity index (χ1v) is 6.97. The lowest BCUT2D eigenvalue weighted by atomic mass is 10.1. The summed E-state index contributed by atoms with van der Waals surface area (Å²) < 4.78 is 5.68. The third-order valence-electron chi connectivity index (χ3n) is 2.87. The summed E-state index contributed by atoms with van der Waals surface area (Å²) >= 11 is 0. The van der Waals surface area contributed by atoms with Gasteiger partial charge >= 0.3 is 6.03 Å². The van der Waals surface area contributed by atoms with E-state index in [9.17, 15) is 4.79 Å². The van der Waals surface area contributed by atoms with Gasteiger partial charge in [0.2, 0.25) is 0 Å². The fourth-order valence-corrected chi connectivity index (χ4v) is 1.62. The number of hydrogen-bond donors (Lipinski definition) is 3. The van der Waals surface area contributed by atoms with Gasteiger partial charge in [-0.25, -0.2) is 4.79 Å². The van der Waals surface area contributed by atoms with Gasteiger partial charge in [-0.3, -0.25) is 0 Å². The molecule has 1 aromatic carbocycles. The number of nitrogens with one attached hydrogen (secondary N) is 2. The topological polar surface area (TPSA) is 70.6 Å². The molecule has 112 valence electrons. The van der Waals surface area contributed by atoms with E-state index in [4.69, 9.17) is 9.84 Å². The highest BCUT2D eigenvalue weighted by atomic mass is 16.5. The Kier molecular flexibility index (Phi) is 6.87. The summed E-state index contributed by atoms with van der Waals surface area (Å²) in [6.07, 6.45) is 0.847. The van der Waals surface area contributed by atoms with Crippen LogP contribution in [0.25, 0.3) is 0 Å². The molecule has 20 heavy (non-hydrogen) atoms. The predicted molar refractivity (Wildman–Crippen MR) is 80.1 cm³/mol. The quantitative estimate of drug-likeness (QED) is 0.719. The molecule has 0 saturated heterocycles. The van der Waals surface area contributed by atoms with Crippen molar-refractivity contribution in [2.45, 2.75) is 33.2 Å². The molecular weight excluding hydrogens is 256 g/mol. The molecule has 0 spiro atoms. The van der Waals surface area contributed by atoms with Crippen molar-refractivity contribution in [3.8, 4) is 5.75 Å². The molecule has 0 aromatic heterocycles. The molecule has 0 aliphatic rings. The Hall–Kier alpha value is -1.75. The summed E-state index contributed by atoms with van der Waals surface area (Å²) in [7, 11) is 0. The number of rotatable bonds is 7. The standard InChI is InChI=1S/C15H24N2O3/c1-4-12(9-18)10-20-14-8-6-5-7-13(14)17-15(19)16-11(2)3/h5-8,11-12,18H,4,9-10H2,1-3H3,(H2,16,17,19). The third kappa shape index (κ3) is 5.48.